The Labute approximate surface area is 166 Å². The third kappa shape index (κ3) is 5.51. The minimum atomic E-state index is -0.308. The number of amides is 1. The summed E-state index contributed by atoms with van der Waals surface area (Å²) in [6.07, 6.45) is 5.13. The molecule has 2 aromatic rings. The molecule has 1 fully saturated rings. The second-order valence-electron chi connectivity index (χ2n) is 6.15. The highest BCUT2D eigenvalue weighted by atomic mass is 79.9. The molecule has 1 aliphatic rings. The number of rotatable bonds is 6. The number of benzene rings is 1. The zero-order chi connectivity index (χ0) is 18.4. The molecule has 7 heteroatoms. The number of pyridine rings is 1. The van der Waals surface area contributed by atoms with Crippen LogP contribution in [0.3, 0.4) is 0 Å². The van der Waals surface area contributed by atoms with Crippen molar-refractivity contribution < 1.29 is 14.3 Å². The maximum Gasteiger partial charge on any atom is 0.258 e. The van der Waals surface area contributed by atoms with Crippen LogP contribution in [0.5, 0.6) is 0 Å². The number of anilines is 1. The van der Waals surface area contributed by atoms with E-state index in [1.807, 2.05) is 24.3 Å². The van der Waals surface area contributed by atoms with Crippen LogP contribution in [0, 0.1) is 0 Å². The standard InChI is InChI=1S/C19H20BrClN2O3/c20-14-9-17(18(21)22-10-14)19(24)23-15-5-3-4-13(8-15)11-25-12-16-6-1-2-7-26-16/h3-5,8-10,16H,1-2,6-7,11-12H2,(H,23,24). The first kappa shape index (κ1) is 19.3. The van der Waals surface area contributed by atoms with Gasteiger partial charge in [0.15, 0.2) is 0 Å². The van der Waals surface area contributed by atoms with E-state index in [-0.39, 0.29) is 17.2 Å². The molecule has 1 amide bonds. The molecule has 0 radical (unpaired) electrons. The molecule has 1 N–H and O–H groups in total. The largest absolute Gasteiger partial charge is 0.376 e. The minimum absolute atomic E-state index is 0.165. The second-order valence-corrected chi connectivity index (χ2v) is 7.42. The number of aromatic nitrogens is 1. The first-order chi connectivity index (χ1) is 12.6. The fourth-order valence-corrected chi connectivity index (χ4v) is 3.29. The van der Waals surface area contributed by atoms with Crippen molar-refractivity contribution in [1.82, 2.24) is 4.98 Å². The first-order valence-corrected chi connectivity index (χ1v) is 9.69. The van der Waals surface area contributed by atoms with Crippen LogP contribution in [-0.4, -0.2) is 30.2 Å². The van der Waals surface area contributed by atoms with Gasteiger partial charge in [-0.3, -0.25) is 4.79 Å². The summed E-state index contributed by atoms with van der Waals surface area (Å²) in [5.74, 6) is -0.308. The summed E-state index contributed by atoms with van der Waals surface area (Å²) in [5.41, 5.74) is 1.98. The highest BCUT2D eigenvalue weighted by Gasteiger charge is 2.14. The van der Waals surface area contributed by atoms with Crippen molar-refractivity contribution in [3.8, 4) is 0 Å². The molecule has 1 unspecified atom stereocenters. The predicted molar refractivity (Wildman–Crippen MR) is 105 cm³/mol. The van der Waals surface area contributed by atoms with Crippen molar-refractivity contribution in [2.45, 2.75) is 32.0 Å². The number of carbonyl (C=O) groups is 1. The molecule has 1 aliphatic heterocycles. The van der Waals surface area contributed by atoms with Crippen molar-refractivity contribution in [1.29, 1.82) is 0 Å². The van der Waals surface area contributed by atoms with Crippen LogP contribution >= 0.6 is 27.5 Å². The number of carbonyl (C=O) groups excluding carboxylic acids is 1. The molecule has 1 saturated heterocycles. The molecule has 3 rings (SSSR count). The molecule has 0 spiro atoms. The Bertz CT molecular complexity index is 766. The van der Waals surface area contributed by atoms with Crippen LogP contribution in [0.2, 0.25) is 5.15 Å². The molecular weight excluding hydrogens is 420 g/mol. The Morgan fingerprint density at radius 3 is 3.08 bits per heavy atom. The third-order valence-electron chi connectivity index (χ3n) is 4.08. The predicted octanol–water partition coefficient (Wildman–Crippen LogP) is 4.84. The average Bonchev–Trinajstić information content (AvgIpc) is 2.65. The Morgan fingerprint density at radius 1 is 1.38 bits per heavy atom. The van der Waals surface area contributed by atoms with Gasteiger partial charge in [-0.2, -0.15) is 0 Å². The maximum atomic E-state index is 12.4. The van der Waals surface area contributed by atoms with E-state index in [1.165, 1.54) is 6.42 Å². The summed E-state index contributed by atoms with van der Waals surface area (Å²) in [7, 11) is 0. The maximum absolute atomic E-state index is 12.4. The van der Waals surface area contributed by atoms with Crippen molar-refractivity contribution >= 4 is 39.1 Å². The number of nitrogens with one attached hydrogen (secondary N) is 1. The van der Waals surface area contributed by atoms with E-state index in [9.17, 15) is 4.79 Å². The molecule has 138 valence electrons. The summed E-state index contributed by atoms with van der Waals surface area (Å²) >= 11 is 9.30. The van der Waals surface area contributed by atoms with Gasteiger partial charge in [0.05, 0.1) is 24.9 Å². The quantitative estimate of drug-likeness (QED) is 0.655. The zero-order valence-corrected chi connectivity index (χ0v) is 16.6. The minimum Gasteiger partial charge on any atom is -0.376 e. The van der Waals surface area contributed by atoms with Crippen LogP contribution in [-0.2, 0) is 16.1 Å². The second kappa shape index (κ2) is 9.46. The molecule has 5 nitrogen and oxygen atoms in total. The normalized spacial score (nSPS) is 17.1. The van der Waals surface area contributed by atoms with Gasteiger partial charge in [-0.25, -0.2) is 4.98 Å². The highest BCUT2D eigenvalue weighted by Crippen LogP contribution is 2.20. The number of nitrogens with zero attached hydrogens (tertiary/aromatic N) is 1. The molecule has 26 heavy (non-hydrogen) atoms. The molecule has 1 aromatic heterocycles. The number of ether oxygens (including phenoxy) is 2. The van der Waals surface area contributed by atoms with Gasteiger partial charge in [-0.05, 0) is 59.0 Å². The van der Waals surface area contributed by atoms with E-state index in [1.54, 1.807) is 12.3 Å². The van der Waals surface area contributed by atoms with E-state index in [4.69, 9.17) is 21.1 Å². The lowest BCUT2D eigenvalue weighted by Gasteiger charge is -2.22. The monoisotopic (exact) mass is 438 g/mol. The molecule has 2 heterocycles. The van der Waals surface area contributed by atoms with Crippen LogP contribution in [0.15, 0.2) is 41.0 Å². The van der Waals surface area contributed by atoms with Crippen LogP contribution in [0.4, 0.5) is 5.69 Å². The Balaban J connectivity index is 1.56. The van der Waals surface area contributed by atoms with Crippen LogP contribution < -0.4 is 5.32 Å². The Kier molecular flexibility index (Phi) is 7.02. The summed E-state index contributed by atoms with van der Waals surface area (Å²) in [6, 6.07) is 9.20. The van der Waals surface area contributed by atoms with Gasteiger partial charge in [0, 0.05) is 23.0 Å². The summed E-state index contributed by atoms with van der Waals surface area (Å²) in [6.45, 7) is 1.89. The van der Waals surface area contributed by atoms with Crippen LogP contribution in [0.25, 0.3) is 0 Å². The van der Waals surface area contributed by atoms with Gasteiger partial charge >= 0.3 is 0 Å². The Hall–Kier alpha value is -1.47. The average molecular weight is 440 g/mol. The van der Waals surface area contributed by atoms with Crippen molar-refractivity contribution in [2.24, 2.45) is 0 Å². The summed E-state index contributed by atoms with van der Waals surface area (Å²) < 4.78 is 12.1. The number of hydrogen-bond acceptors (Lipinski definition) is 4. The van der Waals surface area contributed by atoms with E-state index >= 15 is 0 Å². The van der Waals surface area contributed by atoms with E-state index in [2.05, 4.69) is 26.2 Å². The van der Waals surface area contributed by atoms with E-state index < -0.39 is 0 Å². The zero-order valence-electron chi connectivity index (χ0n) is 14.2. The SMILES string of the molecule is O=C(Nc1cccc(COCC2CCCCO2)c1)c1cc(Br)cnc1Cl. The van der Waals surface area contributed by atoms with Crippen LogP contribution in [0.1, 0.15) is 35.2 Å². The highest BCUT2D eigenvalue weighted by molar-refractivity contribution is 9.10. The van der Waals surface area contributed by atoms with Gasteiger partial charge in [-0.1, -0.05) is 23.7 Å². The fourth-order valence-electron chi connectivity index (χ4n) is 2.77. The lowest BCUT2D eigenvalue weighted by Crippen LogP contribution is -2.24. The van der Waals surface area contributed by atoms with Crippen molar-refractivity contribution in [3.63, 3.8) is 0 Å². The molecule has 1 aromatic carbocycles. The van der Waals surface area contributed by atoms with Gasteiger partial charge in [0.2, 0.25) is 0 Å². The molecule has 1 atom stereocenters. The molecule has 0 saturated carbocycles. The van der Waals surface area contributed by atoms with Gasteiger partial charge in [0.25, 0.3) is 5.91 Å². The van der Waals surface area contributed by atoms with E-state index in [0.29, 0.717) is 28.9 Å². The van der Waals surface area contributed by atoms with Crippen molar-refractivity contribution in [2.75, 3.05) is 18.5 Å². The van der Waals surface area contributed by atoms with Gasteiger partial charge in [-0.15, -0.1) is 0 Å². The molecular formula is C19H20BrClN2O3. The van der Waals surface area contributed by atoms with Crippen molar-refractivity contribution in [3.05, 3.63) is 57.3 Å². The lowest BCUT2D eigenvalue weighted by atomic mass is 10.1. The number of halogens is 2. The summed E-state index contributed by atoms with van der Waals surface area (Å²) in [4.78, 5) is 16.4. The third-order valence-corrected chi connectivity index (χ3v) is 4.82. The van der Waals surface area contributed by atoms with Gasteiger partial charge < -0.3 is 14.8 Å². The van der Waals surface area contributed by atoms with Gasteiger partial charge in [0.1, 0.15) is 5.15 Å². The summed E-state index contributed by atoms with van der Waals surface area (Å²) in [5, 5.41) is 3.01. The first-order valence-electron chi connectivity index (χ1n) is 8.52. The Morgan fingerprint density at radius 2 is 2.27 bits per heavy atom. The smallest absolute Gasteiger partial charge is 0.258 e. The number of hydrogen-bond donors (Lipinski definition) is 1. The topological polar surface area (TPSA) is 60.5 Å². The van der Waals surface area contributed by atoms with E-state index in [0.717, 1.165) is 25.0 Å². The molecule has 0 bridgehead atoms. The molecule has 0 aliphatic carbocycles. The fraction of sp³-hybridized carbons (Fsp3) is 0.368. The lowest BCUT2D eigenvalue weighted by molar-refractivity contribution is -0.0447.